The fraction of sp³-hybridized carbons (Fsp3) is 0.217. The van der Waals surface area contributed by atoms with Gasteiger partial charge < -0.3 is 18.7 Å². The fourth-order valence-electron chi connectivity index (χ4n) is 2.96. The zero-order valence-electron chi connectivity index (χ0n) is 17.8. The Morgan fingerprint density at radius 1 is 1.00 bits per heavy atom. The first kappa shape index (κ1) is 21.5. The molecule has 4 aromatic rings. The molecule has 0 spiro atoms. The second kappa shape index (κ2) is 9.61. The second-order valence-electron chi connectivity index (χ2n) is 6.93. The highest BCUT2D eigenvalue weighted by atomic mass is 32.1. The van der Waals surface area contributed by atoms with Crippen LogP contribution in [0.1, 0.15) is 17.1 Å². The number of benzene rings is 2. The summed E-state index contributed by atoms with van der Waals surface area (Å²) < 4.78 is 21.1. The van der Waals surface area contributed by atoms with Gasteiger partial charge in [-0.3, -0.25) is 4.79 Å². The Kier molecular flexibility index (Phi) is 6.46. The predicted octanol–water partition coefficient (Wildman–Crippen LogP) is 4.47. The van der Waals surface area contributed by atoms with Crippen LogP contribution in [0.25, 0.3) is 22.0 Å². The van der Waals surface area contributed by atoms with Crippen LogP contribution >= 0.6 is 11.3 Å². The van der Waals surface area contributed by atoms with Gasteiger partial charge in [0.2, 0.25) is 5.82 Å². The summed E-state index contributed by atoms with van der Waals surface area (Å²) in [6.45, 7) is 1.93. The van der Waals surface area contributed by atoms with Crippen LogP contribution in [0.4, 0.5) is 0 Å². The van der Waals surface area contributed by atoms with Crippen molar-refractivity contribution >= 4 is 17.3 Å². The topological polar surface area (TPSA) is 96.6 Å². The minimum Gasteiger partial charge on any atom is -0.493 e. The minimum absolute atomic E-state index is 0.0481. The number of hydrogen-bond donors (Lipinski definition) is 0. The number of esters is 1. The summed E-state index contributed by atoms with van der Waals surface area (Å²) in [6.07, 6.45) is 0.0481. The van der Waals surface area contributed by atoms with Gasteiger partial charge in [0.1, 0.15) is 5.01 Å². The maximum atomic E-state index is 12.2. The highest BCUT2D eigenvalue weighted by molar-refractivity contribution is 7.13. The second-order valence-corrected chi connectivity index (χ2v) is 7.79. The lowest BCUT2D eigenvalue weighted by Gasteiger charge is -2.08. The number of aryl methyl sites for hydroxylation is 1. The number of hydrogen-bond acceptors (Lipinski definition) is 9. The first-order valence-corrected chi connectivity index (χ1v) is 10.7. The van der Waals surface area contributed by atoms with Gasteiger partial charge >= 0.3 is 5.97 Å². The van der Waals surface area contributed by atoms with Crippen LogP contribution in [0.5, 0.6) is 11.5 Å². The molecule has 0 atom stereocenters. The molecule has 0 aliphatic heterocycles. The van der Waals surface area contributed by atoms with E-state index in [0.717, 1.165) is 21.7 Å². The van der Waals surface area contributed by atoms with Crippen molar-refractivity contribution in [1.29, 1.82) is 0 Å². The molecule has 0 saturated carbocycles. The number of thiazole rings is 1. The molecule has 0 aliphatic rings. The van der Waals surface area contributed by atoms with E-state index in [9.17, 15) is 4.79 Å². The zero-order valence-corrected chi connectivity index (χ0v) is 18.6. The Hall–Kier alpha value is -3.72. The summed E-state index contributed by atoms with van der Waals surface area (Å²) in [6, 6.07) is 13.3. The maximum absolute atomic E-state index is 12.2. The number of aromatic nitrogens is 3. The Bertz CT molecular complexity index is 1220. The lowest BCUT2D eigenvalue weighted by Crippen LogP contribution is -2.09. The summed E-state index contributed by atoms with van der Waals surface area (Å²) in [5.74, 6) is 1.53. The third-order valence-corrected chi connectivity index (χ3v) is 5.58. The third kappa shape index (κ3) is 4.94. The van der Waals surface area contributed by atoms with E-state index in [1.165, 1.54) is 11.3 Å². The highest BCUT2D eigenvalue weighted by Gasteiger charge is 2.14. The molecule has 0 amide bonds. The van der Waals surface area contributed by atoms with Crippen molar-refractivity contribution < 1.29 is 23.5 Å². The standard InChI is InChI=1S/C23H21N3O5S/c1-14-4-6-15(7-5-14)22-25-20(26-31-22)12-30-21(27)11-17-13-32-23(24-17)16-8-9-18(28-2)19(10-16)29-3/h4-10,13H,11-12H2,1-3H3. The van der Waals surface area contributed by atoms with Gasteiger partial charge in [0.05, 0.1) is 26.3 Å². The fourth-order valence-corrected chi connectivity index (χ4v) is 3.78. The van der Waals surface area contributed by atoms with Crippen LogP contribution in [0, 0.1) is 6.92 Å². The van der Waals surface area contributed by atoms with Crippen LogP contribution in [0.3, 0.4) is 0 Å². The van der Waals surface area contributed by atoms with Crippen LogP contribution in [-0.2, 0) is 22.6 Å². The van der Waals surface area contributed by atoms with E-state index in [0.29, 0.717) is 28.9 Å². The lowest BCUT2D eigenvalue weighted by atomic mass is 10.1. The molecule has 4 rings (SSSR count). The van der Waals surface area contributed by atoms with E-state index < -0.39 is 5.97 Å². The van der Waals surface area contributed by atoms with Gasteiger partial charge in [0.15, 0.2) is 18.1 Å². The van der Waals surface area contributed by atoms with E-state index in [2.05, 4.69) is 15.1 Å². The number of ether oxygens (including phenoxy) is 3. The number of methoxy groups -OCH3 is 2. The van der Waals surface area contributed by atoms with Crippen molar-refractivity contribution in [1.82, 2.24) is 15.1 Å². The van der Waals surface area contributed by atoms with E-state index in [-0.39, 0.29) is 13.0 Å². The number of nitrogens with zero attached hydrogens (tertiary/aromatic N) is 3. The molecule has 32 heavy (non-hydrogen) atoms. The van der Waals surface area contributed by atoms with E-state index >= 15 is 0 Å². The quantitative estimate of drug-likeness (QED) is 0.362. The van der Waals surface area contributed by atoms with Crippen LogP contribution < -0.4 is 9.47 Å². The lowest BCUT2D eigenvalue weighted by molar-refractivity contribution is -0.144. The van der Waals surface area contributed by atoms with Crippen LogP contribution in [0.2, 0.25) is 0 Å². The molecule has 0 bridgehead atoms. The zero-order chi connectivity index (χ0) is 22.5. The molecule has 0 radical (unpaired) electrons. The largest absolute Gasteiger partial charge is 0.493 e. The average molecular weight is 452 g/mol. The summed E-state index contributed by atoms with van der Waals surface area (Å²) in [5, 5.41) is 6.47. The minimum atomic E-state index is -0.421. The molecule has 0 N–H and O–H groups in total. The van der Waals surface area contributed by atoms with Crippen LogP contribution in [-0.4, -0.2) is 35.3 Å². The molecule has 9 heteroatoms. The number of carbonyl (C=O) groups excluding carboxylic acids is 1. The molecule has 2 aromatic carbocycles. The molecule has 0 saturated heterocycles. The Morgan fingerprint density at radius 2 is 1.75 bits per heavy atom. The first-order valence-electron chi connectivity index (χ1n) is 9.77. The first-order chi connectivity index (χ1) is 15.6. The normalized spacial score (nSPS) is 10.7. The molecule has 2 heterocycles. The molecular formula is C23H21N3O5S. The average Bonchev–Trinajstić information content (AvgIpc) is 3.47. The van der Waals surface area contributed by atoms with Gasteiger partial charge in [-0.25, -0.2) is 4.98 Å². The predicted molar refractivity (Wildman–Crippen MR) is 119 cm³/mol. The molecule has 2 aromatic heterocycles. The van der Waals surface area contributed by atoms with Crippen molar-refractivity contribution in [2.75, 3.05) is 14.2 Å². The molecular weight excluding hydrogens is 430 g/mol. The van der Waals surface area contributed by atoms with Gasteiger partial charge in [-0.05, 0) is 37.3 Å². The van der Waals surface area contributed by atoms with Gasteiger partial charge in [-0.15, -0.1) is 11.3 Å². The number of carbonyl (C=O) groups is 1. The summed E-state index contributed by atoms with van der Waals surface area (Å²) in [7, 11) is 3.17. The van der Waals surface area contributed by atoms with E-state index in [4.69, 9.17) is 18.7 Å². The molecule has 0 unspecified atom stereocenters. The molecule has 164 valence electrons. The molecule has 0 fully saturated rings. The van der Waals surface area contributed by atoms with Gasteiger partial charge in [-0.1, -0.05) is 22.9 Å². The Morgan fingerprint density at radius 3 is 2.50 bits per heavy atom. The van der Waals surface area contributed by atoms with Crippen LogP contribution in [0.15, 0.2) is 52.4 Å². The van der Waals surface area contributed by atoms with Crippen molar-refractivity contribution in [2.45, 2.75) is 20.0 Å². The molecule has 0 aliphatic carbocycles. The van der Waals surface area contributed by atoms with Crippen molar-refractivity contribution in [3.05, 3.63) is 64.9 Å². The van der Waals surface area contributed by atoms with Crippen molar-refractivity contribution in [2.24, 2.45) is 0 Å². The van der Waals surface area contributed by atoms with E-state index in [1.807, 2.05) is 54.8 Å². The summed E-state index contributed by atoms with van der Waals surface area (Å²) in [4.78, 5) is 21.1. The monoisotopic (exact) mass is 451 g/mol. The van der Waals surface area contributed by atoms with Crippen molar-refractivity contribution in [3.63, 3.8) is 0 Å². The van der Waals surface area contributed by atoms with E-state index in [1.54, 1.807) is 14.2 Å². The third-order valence-electron chi connectivity index (χ3n) is 4.64. The van der Waals surface area contributed by atoms with Gasteiger partial charge in [0.25, 0.3) is 5.89 Å². The smallest absolute Gasteiger partial charge is 0.312 e. The highest BCUT2D eigenvalue weighted by Crippen LogP contribution is 2.33. The molecule has 8 nitrogen and oxygen atoms in total. The summed E-state index contributed by atoms with van der Waals surface area (Å²) in [5.41, 5.74) is 3.45. The SMILES string of the molecule is COc1ccc(-c2nc(CC(=O)OCc3noc(-c4ccc(C)cc4)n3)cs2)cc1OC. The van der Waals surface area contributed by atoms with Gasteiger partial charge in [-0.2, -0.15) is 4.98 Å². The maximum Gasteiger partial charge on any atom is 0.312 e. The summed E-state index contributed by atoms with van der Waals surface area (Å²) >= 11 is 1.44. The van der Waals surface area contributed by atoms with Gasteiger partial charge in [0, 0.05) is 16.5 Å². The Balaban J connectivity index is 1.34. The Labute approximate surface area is 188 Å². The van der Waals surface area contributed by atoms with Crippen molar-refractivity contribution in [3.8, 4) is 33.5 Å². The number of rotatable bonds is 8.